The van der Waals surface area contributed by atoms with Gasteiger partial charge in [-0.3, -0.25) is 5.10 Å². The number of benzene rings is 1. The number of para-hydroxylation sites is 1. The summed E-state index contributed by atoms with van der Waals surface area (Å²) in [5.74, 6) is 0. The van der Waals surface area contributed by atoms with Crippen LogP contribution in [0, 0.1) is 0 Å². The van der Waals surface area contributed by atoms with Crippen molar-refractivity contribution in [3.63, 3.8) is 0 Å². The van der Waals surface area contributed by atoms with Crippen LogP contribution in [0.15, 0.2) is 54.9 Å². The number of H-pyrrole nitrogens is 1. The summed E-state index contributed by atoms with van der Waals surface area (Å²) in [5.41, 5.74) is 2.23. The Morgan fingerprint density at radius 3 is 2.69 bits per heavy atom. The molecule has 1 N–H and O–H groups in total. The molecule has 0 unspecified atom stereocenters. The Morgan fingerprint density at radius 2 is 1.94 bits per heavy atom. The van der Waals surface area contributed by atoms with Crippen molar-refractivity contribution in [2.45, 2.75) is 0 Å². The van der Waals surface area contributed by atoms with Crippen LogP contribution in [0.5, 0.6) is 0 Å². The Bertz CT molecular complexity index is 569. The van der Waals surface area contributed by atoms with E-state index in [4.69, 9.17) is 0 Å². The first kappa shape index (κ1) is 9.30. The van der Waals surface area contributed by atoms with Gasteiger partial charge in [-0.25, -0.2) is 0 Å². The average molecular weight is 228 g/mol. The minimum atomic E-state index is 1.06. The second kappa shape index (κ2) is 3.90. The first-order valence-electron chi connectivity index (χ1n) is 5.01. The zero-order valence-electron chi connectivity index (χ0n) is 8.50. The lowest BCUT2D eigenvalue weighted by atomic mass is 10.3. The predicted molar refractivity (Wildman–Crippen MR) is 63.4 cm³/mol. The first-order valence-corrected chi connectivity index (χ1v) is 5.78. The molecule has 0 aliphatic rings. The number of aromatic nitrogens is 3. The Morgan fingerprint density at radius 1 is 1.06 bits per heavy atom. The Balaban J connectivity index is 2.00. The third-order valence-corrected chi connectivity index (χ3v) is 3.42. The topological polar surface area (TPSA) is 32.6 Å². The van der Waals surface area contributed by atoms with Gasteiger partial charge < -0.3 is 0 Å². The molecule has 78 valence electrons. The van der Waals surface area contributed by atoms with Crippen LogP contribution in [0.25, 0.3) is 16.3 Å². The van der Waals surface area contributed by atoms with Gasteiger partial charge in [-0.2, -0.15) is 5.10 Å². The Kier molecular flexibility index (Phi) is 2.27. The lowest BCUT2D eigenvalue weighted by Gasteiger charge is -1.87. The minimum Gasteiger partial charge on any atom is -0.277 e. The van der Waals surface area contributed by atoms with Crippen molar-refractivity contribution in [2.24, 2.45) is 0 Å². The molecule has 0 fully saturated rings. The summed E-state index contributed by atoms with van der Waals surface area (Å²) in [6, 6.07) is 14.3. The summed E-state index contributed by atoms with van der Waals surface area (Å²) in [6.07, 6.45) is 3.83. The highest BCUT2D eigenvalue weighted by molar-refractivity contribution is 7.05. The second-order valence-electron chi connectivity index (χ2n) is 3.40. The summed E-state index contributed by atoms with van der Waals surface area (Å²) in [4.78, 5) is 1.18. The SMILES string of the molecule is c1ccc(-[n+]2ccc(-c3ccn[nH]3)s2)cc1. The van der Waals surface area contributed by atoms with Crippen molar-refractivity contribution in [2.75, 3.05) is 0 Å². The van der Waals surface area contributed by atoms with Gasteiger partial charge in [0.2, 0.25) is 5.69 Å². The van der Waals surface area contributed by atoms with Gasteiger partial charge in [0.05, 0.1) is 5.69 Å². The van der Waals surface area contributed by atoms with E-state index in [9.17, 15) is 0 Å². The molecule has 0 bridgehead atoms. The van der Waals surface area contributed by atoms with E-state index in [2.05, 4.69) is 38.5 Å². The fourth-order valence-corrected chi connectivity index (χ4v) is 2.44. The predicted octanol–water partition coefficient (Wildman–Crippen LogP) is 2.41. The molecule has 0 aliphatic heterocycles. The van der Waals surface area contributed by atoms with Gasteiger partial charge in [-0.05, 0) is 6.07 Å². The highest BCUT2D eigenvalue weighted by Crippen LogP contribution is 2.19. The normalized spacial score (nSPS) is 10.5. The van der Waals surface area contributed by atoms with Crippen molar-refractivity contribution < 1.29 is 3.96 Å². The van der Waals surface area contributed by atoms with Gasteiger partial charge in [0.25, 0.3) is 0 Å². The third-order valence-electron chi connectivity index (χ3n) is 2.33. The fraction of sp³-hybridized carbons (Fsp3) is 0. The maximum atomic E-state index is 3.95. The summed E-state index contributed by atoms with van der Waals surface area (Å²) < 4.78 is 2.14. The first-order chi connectivity index (χ1) is 7.93. The molecule has 0 spiro atoms. The molecule has 4 heteroatoms. The van der Waals surface area contributed by atoms with E-state index in [1.54, 1.807) is 17.7 Å². The van der Waals surface area contributed by atoms with E-state index in [-0.39, 0.29) is 0 Å². The smallest absolute Gasteiger partial charge is 0.224 e. The number of aromatic amines is 1. The molecule has 1 aromatic carbocycles. The highest BCUT2D eigenvalue weighted by atomic mass is 32.1. The van der Waals surface area contributed by atoms with E-state index in [1.807, 2.05) is 24.3 Å². The van der Waals surface area contributed by atoms with E-state index in [1.165, 1.54) is 10.6 Å². The summed E-state index contributed by atoms with van der Waals surface area (Å²) in [5, 5.41) is 6.92. The van der Waals surface area contributed by atoms with Crippen LogP contribution in [0.2, 0.25) is 0 Å². The van der Waals surface area contributed by atoms with E-state index >= 15 is 0 Å². The molecule has 16 heavy (non-hydrogen) atoms. The number of nitrogens with one attached hydrogen (secondary N) is 1. The van der Waals surface area contributed by atoms with Gasteiger partial charge in [0.15, 0.2) is 6.20 Å². The zero-order valence-corrected chi connectivity index (χ0v) is 9.32. The minimum absolute atomic E-state index is 1.06. The van der Waals surface area contributed by atoms with Crippen LogP contribution in [0.3, 0.4) is 0 Å². The van der Waals surface area contributed by atoms with Crippen molar-refractivity contribution in [1.82, 2.24) is 10.2 Å². The van der Waals surface area contributed by atoms with Gasteiger partial charge in [-0.15, -0.1) is 3.96 Å². The monoisotopic (exact) mass is 228 g/mol. The van der Waals surface area contributed by atoms with Gasteiger partial charge in [-0.1, -0.05) is 18.2 Å². The van der Waals surface area contributed by atoms with Gasteiger partial charge in [0.1, 0.15) is 16.4 Å². The molecule has 0 aliphatic carbocycles. The maximum absolute atomic E-state index is 3.95. The van der Waals surface area contributed by atoms with Crippen LogP contribution in [0.4, 0.5) is 0 Å². The lowest BCUT2D eigenvalue weighted by molar-refractivity contribution is -0.519. The summed E-state index contributed by atoms with van der Waals surface area (Å²) in [6.45, 7) is 0. The standard InChI is InChI=1S/C12H9N3S/c1-2-4-10(5-3-1)15-9-7-12(16-15)11-6-8-13-14-11/h1-9H/p+1. The molecule has 0 saturated carbocycles. The Labute approximate surface area is 97.2 Å². The molecule has 0 amide bonds. The van der Waals surface area contributed by atoms with Crippen molar-refractivity contribution in [3.05, 3.63) is 54.9 Å². The molecule has 0 radical (unpaired) electrons. The molecule has 2 heterocycles. The average Bonchev–Trinajstić information content (AvgIpc) is 3.01. The van der Waals surface area contributed by atoms with E-state index in [0.717, 1.165) is 5.69 Å². The molecule has 2 aromatic heterocycles. The fourth-order valence-electron chi connectivity index (χ4n) is 1.55. The van der Waals surface area contributed by atoms with Crippen LogP contribution in [-0.4, -0.2) is 10.2 Å². The molecule has 0 saturated heterocycles. The quantitative estimate of drug-likeness (QED) is 0.671. The van der Waals surface area contributed by atoms with Crippen LogP contribution in [0.1, 0.15) is 0 Å². The van der Waals surface area contributed by atoms with E-state index in [0.29, 0.717) is 0 Å². The van der Waals surface area contributed by atoms with Gasteiger partial charge >= 0.3 is 0 Å². The number of rotatable bonds is 2. The molecule has 3 rings (SSSR count). The molecule has 0 atom stereocenters. The second-order valence-corrected chi connectivity index (χ2v) is 4.42. The largest absolute Gasteiger partial charge is 0.277 e. The molecule has 3 nitrogen and oxygen atoms in total. The summed E-state index contributed by atoms with van der Waals surface area (Å²) >= 11 is 1.69. The van der Waals surface area contributed by atoms with Crippen molar-refractivity contribution in [3.8, 4) is 16.3 Å². The zero-order chi connectivity index (χ0) is 10.8. The lowest BCUT2D eigenvalue weighted by Crippen LogP contribution is -2.22. The van der Waals surface area contributed by atoms with Crippen LogP contribution < -0.4 is 3.96 Å². The highest BCUT2D eigenvalue weighted by Gasteiger charge is 2.12. The number of hydrogen-bond acceptors (Lipinski definition) is 2. The third kappa shape index (κ3) is 1.63. The molecular formula is C12H10N3S+. The number of hydrogen-bond donors (Lipinski definition) is 1. The molecular weight excluding hydrogens is 218 g/mol. The molecule has 3 aromatic rings. The van der Waals surface area contributed by atoms with Crippen molar-refractivity contribution >= 4 is 11.5 Å². The van der Waals surface area contributed by atoms with Gasteiger partial charge in [0, 0.05) is 24.4 Å². The van der Waals surface area contributed by atoms with E-state index < -0.39 is 0 Å². The van der Waals surface area contributed by atoms with Crippen LogP contribution >= 0.6 is 11.5 Å². The van der Waals surface area contributed by atoms with Crippen LogP contribution in [-0.2, 0) is 0 Å². The number of nitrogens with zero attached hydrogens (tertiary/aromatic N) is 2. The maximum Gasteiger partial charge on any atom is 0.224 e. The Hall–Kier alpha value is -1.94. The van der Waals surface area contributed by atoms with Crippen molar-refractivity contribution in [1.29, 1.82) is 0 Å². The summed E-state index contributed by atoms with van der Waals surface area (Å²) in [7, 11) is 0.